The van der Waals surface area contributed by atoms with E-state index in [1.54, 1.807) is 20.8 Å². The molecule has 2 aliphatic rings. The molecule has 0 aromatic carbocycles. The highest BCUT2D eigenvalue weighted by atomic mass is 16.6. The molecular weight excluding hydrogens is 332 g/mol. The summed E-state index contributed by atoms with van der Waals surface area (Å²) in [5.41, 5.74) is -0.584. The number of methoxy groups -OCH3 is 1. The Bertz CT molecular complexity index is 517. The van der Waals surface area contributed by atoms with Gasteiger partial charge in [0.05, 0.1) is 32.4 Å². The van der Waals surface area contributed by atoms with Gasteiger partial charge in [0.25, 0.3) is 0 Å². The van der Waals surface area contributed by atoms with Crippen LogP contribution < -0.4 is 10.6 Å². The quantitative estimate of drug-likeness (QED) is 0.686. The van der Waals surface area contributed by atoms with Gasteiger partial charge in [0.2, 0.25) is 5.91 Å². The Morgan fingerprint density at radius 3 is 2.12 bits per heavy atom. The number of nitrogens with one attached hydrogen (secondary N) is 2. The number of alkyl carbamates (subject to hydrolysis) is 1. The number of rotatable bonds is 4. The average Bonchev–Trinajstić information content (AvgIpc) is 3.13. The van der Waals surface area contributed by atoms with Crippen LogP contribution in [0.4, 0.5) is 4.79 Å². The van der Waals surface area contributed by atoms with Crippen LogP contribution in [0.2, 0.25) is 0 Å². The molecule has 0 aromatic rings. The third-order valence-corrected chi connectivity index (χ3v) is 3.82. The largest absolute Gasteiger partial charge is 0.467 e. The van der Waals surface area contributed by atoms with Crippen LogP contribution in [0.1, 0.15) is 33.6 Å². The van der Waals surface area contributed by atoms with Crippen LogP contribution in [0.5, 0.6) is 0 Å². The van der Waals surface area contributed by atoms with Gasteiger partial charge in [-0.1, -0.05) is 0 Å². The van der Waals surface area contributed by atoms with E-state index in [9.17, 15) is 14.4 Å². The van der Waals surface area contributed by atoms with Gasteiger partial charge in [-0.3, -0.25) is 4.79 Å². The van der Waals surface area contributed by atoms with Gasteiger partial charge in [-0.25, -0.2) is 9.59 Å². The maximum absolute atomic E-state index is 12.3. The Kier molecular flexibility index (Phi) is 6.23. The fourth-order valence-electron chi connectivity index (χ4n) is 2.70. The maximum atomic E-state index is 12.3. The van der Waals surface area contributed by atoms with E-state index in [1.165, 1.54) is 7.11 Å². The summed E-state index contributed by atoms with van der Waals surface area (Å²) in [5.74, 6) is -0.733. The van der Waals surface area contributed by atoms with Crippen molar-refractivity contribution < 1.29 is 33.3 Å². The minimum Gasteiger partial charge on any atom is -0.467 e. The van der Waals surface area contributed by atoms with E-state index >= 15 is 0 Å². The number of amides is 2. The van der Waals surface area contributed by atoms with Gasteiger partial charge < -0.3 is 29.6 Å². The first-order valence-electron chi connectivity index (χ1n) is 8.29. The third kappa shape index (κ3) is 5.86. The molecule has 0 radical (unpaired) electrons. The van der Waals surface area contributed by atoms with E-state index in [2.05, 4.69) is 15.4 Å². The molecule has 9 heteroatoms. The lowest BCUT2D eigenvalue weighted by atomic mass is 10.1. The minimum absolute atomic E-state index is 0.239. The second-order valence-electron chi connectivity index (χ2n) is 7.19. The van der Waals surface area contributed by atoms with E-state index < -0.39 is 29.9 Å². The van der Waals surface area contributed by atoms with Crippen molar-refractivity contribution in [1.82, 2.24) is 10.6 Å². The van der Waals surface area contributed by atoms with Gasteiger partial charge in [-0.05, 0) is 20.8 Å². The molecule has 4 atom stereocenters. The van der Waals surface area contributed by atoms with Gasteiger partial charge in [-0.15, -0.1) is 0 Å². The van der Waals surface area contributed by atoms with E-state index in [4.69, 9.17) is 14.2 Å². The third-order valence-electron chi connectivity index (χ3n) is 3.82. The lowest BCUT2D eigenvalue weighted by molar-refractivity contribution is -0.151. The summed E-state index contributed by atoms with van der Waals surface area (Å²) in [5, 5.41) is 5.49. The molecule has 0 aliphatic carbocycles. The van der Waals surface area contributed by atoms with Crippen molar-refractivity contribution in [3.63, 3.8) is 0 Å². The smallest absolute Gasteiger partial charge is 0.407 e. The maximum Gasteiger partial charge on any atom is 0.407 e. The van der Waals surface area contributed by atoms with Crippen LogP contribution in [-0.2, 0) is 28.5 Å². The first-order valence-corrected chi connectivity index (χ1v) is 8.29. The lowest BCUT2D eigenvalue weighted by Crippen LogP contribution is -2.43. The second kappa shape index (κ2) is 8.01. The van der Waals surface area contributed by atoms with Gasteiger partial charge in [-0.2, -0.15) is 0 Å². The highest BCUT2D eigenvalue weighted by Crippen LogP contribution is 2.18. The number of carbonyl (C=O) groups excluding carboxylic acids is 3. The zero-order valence-corrected chi connectivity index (χ0v) is 15.0. The molecule has 2 fully saturated rings. The highest BCUT2D eigenvalue weighted by Gasteiger charge is 2.37. The Morgan fingerprint density at radius 1 is 0.960 bits per heavy atom. The fourth-order valence-corrected chi connectivity index (χ4v) is 2.70. The number of ether oxygens (including phenoxy) is 4. The Labute approximate surface area is 146 Å². The summed E-state index contributed by atoms with van der Waals surface area (Å²) in [6, 6.07) is -0.550. The molecule has 0 unspecified atom stereocenters. The summed E-state index contributed by atoms with van der Waals surface area (Å²) < 4.78 is 20.5. The number of hydrogen-bond acceptors (Lipinski definition) is 7. The average molecular weight is 358 g/mol. The van der Waals surface area contributed by atoms with Crippen LogP contribution in [-0.4, -0.2) is 68.2 Å². The highest BCUT2D eigenvalue weighted by molar-refractivity contribution is 5.82. The van der Waals surface area contributed by atoms with Crippen molar-refractivity contribution >= 4 is 18.0 Å². The number of carbonyl (C=O) groups is 3. The first-order chi connectivity index (χ1) is 11.7. The fraction of sp³-hybridized carbons (Fsp3) is 0.812. The van der Waals surface area contributed by atoms with Crippen LogP contribution >= 0.6 is 0 Å². The number of hydrogen-bond donors (Lipinski definition) is 2. The molecule has 2 rings (SSSR count). The van der Waals surface area contributed by atoms with Crippen LogP contribution in [0, 0.1) is 0 Å². The Morgan fingerprint density at radius 2 is 1.52 bits per heavy atom. The topological polar surface area (TPSA) is 112 Å². The van der Waals surface area contributed by atoms with E-state index in [0.29, 0.717) is 12.8 Å². The van der Waals surface area contributed by atoms with Crippen molar-refractivity contribution in [2.75, 3.05) is 20.3 Å². The summed E-state index contributed by atoms with van der Waals surface area (Å²) in [6.45, 7) is 5.82. The first kappa shape index (κ1) is 19.5. The predicted octanol–water partition coefficient (Wildman–Crippen LogP) is 0.115. The summed E-state index contributed by atoms with van der Waals surface area (Å²) in [7, 11) is 1.29. The summed E-state index contributed by atoms with van der Waals surface area (Å²) in [4.78, 5) is 35.4. The lowest BCUT2D eigenvalue weighted by Gasteiger charge is -2.21. The minimum atomic E-state index is -0.655. The standard InChI is InChI=1S/C16H26N2O7/c1-16(2,3)25-15(21)18-10-5-11(23-8-10)13(19)17-9-6-12(24-7-9)14(20)22-4/h9-12H,5-8H2,1-4H3,(H,17,19)(H,18,21)/t9-,10-,11+,12+/m0/s1. The molecule has 0 saturated carbocycles. The predicted molar refractivity (Wildman–Crippen MR) is 85.8 cm³/mol. The molecule has 0 spiro atoms. The van der Waals surface area contributed by atoms with Gasteiger partial charge >= 0.3 is 12.1 Å². The van der Waals surface area contributed by atoms with Crippen LogP contribution in [0.25, 0.3) is 0 Å². The zero-order valence-electron chi connectivity index (χ0n) is 15.0. The van der Waals surface area contributed by atoms with Crippen molar-refractivity contribution in [3.05, 3.63) is 0 Å². The normalized spacial score (nSPS) is 29.1. The SMILES string of the molecule is COC(=O)[C@H]1C[C@H](NC(=O)[C@H]2C[C@H](NC(=O)OC(C)(C)C)CO2)CO1. The molecule has 0 aromatic heterocycles. The Balaban J connectivity index is 1.73. The van der Waals surface area contributed by atoms with E-state index in [-0.39, 0.29) is 31.2 Å². The molecule has 0 bridgehead atoms. The van der Waals surface area contributed by atoms with Crippen LogP contribution in [0.3, 0.4) is 0 Å². The molecule has 9 nitrogen and oxygen atoms in total. The molecule has 2 N–H and O–H groups in total. The van der Waals surface area contributed by atoms with Crippen molar-refractivity contribution in [2.45, 2.75) is 63.5 Å². The van der Waals surface area contributed by atoms with Crippen molar-refractivity contribution in [3.8, 4) is 0 Å². The molecule has 2 aliphatic heterocycles. The molecule has 25 heavy (non-hydrogen) atoms. The van der Waals surface area contributed by atoms with E-state index in [0.717, 1.165) is 0 Å². The van der Waals surface area contributed by atoms with Gasteiger partial charge in [0, 0.05) is 12.8 Å². The molecular formula is C16H26N2O7. The monoisotopic (exact) mass is 358 g/mol. The summed E-state index contributed by atoms with van der Waals surface area (Å²) in [6.07, 6.45) is -1.12. The van der Waals surface area contributed by atoms with Gasteiger partial charge in [0.1, 0.15) is 11.7 Å². The molecule has 2 amide bonds. The summed E-state index contributed by atoms with van der Waals surface area (Å²) >= 11 is 0. The van der Waals surface area contributed by atoms with Crippen molar-refractivity contribution in [2.24, 2.45) is 0 Å². The van der Waals surface area contributed by atoms with E-state index in [1.807, 2.05) is 0 Å². The number of esters is 1. The second-order valence-corrected chi connectivity index (χ2v) is 7.19. The molecule has 2 heterocycles. The van der Waals surface area contributed by atoms with Crippen LogP contribution in [0.15, 0.2) is 0 Å². The van der Waals surface area contributed by atoms with Gasteiger partial charge in [0.15, 0.2) is 6.10 Å². The zero-order chi connectivity index (χ0) is 18.6. The molecule has 2 saturated heterocycles. The molecule has 142 valence electrons. The Hall–Kier alpha value is -1.87. The van der Waals surface area contributed by atoms with Crippen molar-refractivity contribution in [1.29, 1.82) is 0 Å².